The molecule has 3 aromatic rings. The standard InChI is InChI=1S/C26H22O2/c1-3-7-19-15(5-1)11-25-21-9-18-14-24-20-8-4-2-6-16(20)12-26(28-24)22(18)10-17(21)13-23(19)27-25/h1-10,23-26H,11-14H2/t23-,24+,25-,26+. The molecule has 138 valence electrons. The Bertz CT molecular complexity index is 1030. The maximum Gasteiger partial charge on any atom is 0.0876 e. The van der Waals surface area contributed by atoms with Crippen molar-refractivity contribution in [2.45, 2.75) is 50.1 Å². The van der Waals surface area contributed by atoms with Crippen LogP contribution in [0, 0.1) is 0 Å². The molecule has 4 bridgehead atoms. The van der Waals surface area contributed by atoms with Crippen molar-refractivity contribution in [2.75, 3.05) is 0 Å². The van der Waals surface area contributed by atoms with Crippen molar-refractivity contribution in [1.29, 1.82) is 0 Å². The molecular formula is C26H22O2. The van der Waals surface area contributed by atoms with E-state index in [1.807, 2.05) is 0 Å². The molecule has 2 heteroatoms. The van der Waals surface area contributed by atoms with E-state index in [1.165, 1.54) is 44.5 Å². The average Bonchev–Trinajstić information content (AvgIpc) is 2.73. The smallest absolute Gasteiger partial charge is 0.0876 e. The van der Waals surface area contributed by atoms with Crippen LogP contribution in [0.2, 0.25) is 0 Å². The normalized spacial score (nSPS) is 28.6. The van der Waals surface area contributed by atoms with Gasteiger partial charge in [0.1, 0.15) is 0 Å². The molecule has 0 amide bonds. The predicted octanol–water partition coefficient (Wildman–Crippen LogP) is 5.51. The van der Waals surface area contributed by atoms with Gasteiger partial charge in [0.2, 0.25) is 0 Å². The van der Waals surface area contributed by atoms with Crippen LogP contribution in [0.1, 0.15) is 68.9 Å². The van der Waals surface area contributed by atoms with Crippen molar-refractivity contribution in [3.63, 3.8) is 0 Å². The molecular weight excluding hydrogens is 344 g/mol. The van der Waals surface area contributed by atoms with Crippen molar-refractivity contribution in [3.8, 4) is 0 Å². The summed E-state index contributed by atoms with van der Waals surface area (Å²) in [4.78, 5) is 0. The van der Waals surface area contributed by atoms with Crippen LogP contribution < -0.4 is 0 Å². The second kappa shape index (κ2) is 5.56. The number of fused-ring (bicyclic) bond motifs is 12. The molecule has 0 spiro atoms. The Morgan fingerprint density at radius 1 is 0.464 bits per heavy atom. The molecule has 4 heterocycles. The van der Waals surface area contributed by atoms with E-state index in [4.69, 9.17) is 9.47 Å². The molecule has 0 saturated heterocycles. The van der Waals surface area contributed by atoms with Gasteiger partial charge in [0.15, 0.2) is 0 Å². The third-order valence-electron chi connectivity index (χ3n) is 7.18. The van der Waals surface area contributed by atoms with Gasteiger partial charge in [0, 0.05) is 25.7 Å². The number of hydrogen-bond acceptors (Lipinski definition) is 2. The molecule has 0 aliphatic carbocycles. The third-order valence-corrected chi connectivity index (χ3v) is 7.18. The maximum atomic E-state index is 6.49. The first kappa shape index (κ1) is 15.5. The monoisotopic (exact) mass is 366 g/mol. The van der Waals surface area contributed by atoms with E-state index in [0.29, 0.717) is 0 Å². The summed E-state index contributed by atoms with van der Waals surface area (Å²) in [5.74, 6) is 0. The van der Waals surface area contributed by atoms with Crippen LogP contribution in [0.25, 0.3) is 0 Å². The van der Waals surface area contributed by atoms with E-state index in [0.717, 1.165) is 25.7 Å². The van der Waals surface area contributed by atoms with Crippen molar-refractivity contribution < 1.29 is 9.47 Å². The molecule has 4 aliphatic heterocycles. The van der Waals surface area contributed by atoms with E-state index in [2.05, 4.69) is 60.7 Å². The molecule has 7 rings (SSSR count). The van der Waals surface area contributed by atoms with Crippen LogP contribution in [-0.2, 0) is 35.2 Å². The summed E-state index contributed by atoms with van der Waals surface area (Å²) >= 11 is 0. The first-order valence-corrected chi connectivity index (χ1v) is 10.5. The minimum absolute atomic E-state index is 0.198. The Kier molecular flexibility index (Phi) is 3.08. The minimum atomic E-state index is 0.198. The summed E-state index contributed by atoms with van der Waals surface area (Å²) < 4.78 is 13.0. The molecule has 0 saturated carbocycles. The van der Waals surface area contributed by atoms with Crippen LogP contribution in [0.15, 0.2) is 60.7 Å². The highest BCUT2D eigenvalue weighted by molar-refractivity contribution is 5.49. The second-order valence-electron chi connectivity index (χ2n) is 8.69. The zero-order chi connectivity index (χ0) is 18.2. The summed E-state index contributed by atoms with van der Waals surface area (Å²) in [6.07, 6.45) is 4.73. The number of ether oxygens (including phenoxy) is 2. The lowest BCUT2D eigenvalue weighted by Gasteiger charge is -2.42. The molecule has 4 aliphatic rings. The molecule has 2 nitrogen and oxygen atoms in total. The minimum Gasteiger partial charge on any atom is -0.365 e. The predicted molar refractivity (Wildman–Crippen MR) is 107 cm³/mol. The topological polar surface area (TPSA) is 18.5 Å². The molecule has 0 radical (unpaired) electrons. The van der Waals surface area contributed by atoms with Crippen LogP contribution in [0.4, 0.5) is 0 Å². The number of hydrogen-bond donors (Lipinski definition) is 0. The summed E-state index contributed by atoms with van der Waals surface area (Å²) in [5, 5.41) is 0. The highest BCUT2D eigenvalue weighted by Crippen LogP contribution is 2.49. The quantitative estimate of drug-likeness (QED) is 0.522. The molecule has 0 aromatic heterocycles. The van der Waals surface area contributed by atoms with E-state index in [9.17, 15) is 0 Å². The zero-order valence-electron chi connectivity index (χ0n) is 15.7. The largest absolute Gasteiger partial charge is 0.365 e. The fourth-order valence-corrected chi connectivity index (χ4v) is 5.87. The molecule has 4 atom stereocenters. The van der Waals surface area contributed by atoms with Gasteiger partial charge in [0.05, 0.1) is 24.4 Å². The Labute approximate surface area is 165 Å². The fourth-order valence-electron chi connectivity index (χ4n) is 5.87. The lowest BCUT2D eigenvalue weighted by molar-refractivity contribution is -0.0447. The molecule has 0 fully saturated rings. The Hall–Kier alpha value is -2.42. The van der Waals surface area contributed by atoms with Gasteiger partial charge >= 0.3 is 0 Å². The second-order valence-corrected chi connectivity index (χ2v) is 8.69. The zero-order valence-corrected chi connectivity index (χ0v) is 15.7. The SMILES string of the molecule is c1ccc2c(c1)C[C@@H]1O[C@H]2Cc2cc3c(cc21)C[C@H]1O[C@@H]3Cc2ccccc21. The van der Waals surface area contributed by atoms with Gasteiger partial charge in [0.25, 0.3) is 0 Å². The van der Waals surface area contributed by atoms with Gasteiger partial charge in [-0.05, 0) is 44.5 Å². The maximum absolute atomic E-state index is 6.49. The Morgan fingerprint density at radius 2 is 0.857 bits per heavy atom. The fraction of sp³-hybridized carbons (Fsp3) is 0.308. The van der Waals surface area contributed by atoms with Gasteiger partial charge in [-0.2, -0.15) is 0 Å². The van der Waals surface area contributed by atoms with Gasteiger partial charge in [-0.1, -0.05) is 60.7 Å². The van der Waals surface area contributed by atoms with Crippen molar-refractivity contribution in [2.24, 2.45) is 0 Å². The lowest BCUT2D eigenvalue weighted by Crippen LogP contribution is -2.31. The Balaban J connectivity index is 1.33. The third kappa shape index (κ3) is 2.10. The van der Waals surface area contributed by atoms with E-state index >= 15 is 0 Å². The van der Waals surface area contributed by atoms with Crippen molar-refractivity contribution in [3.05, 3.63) is 105 Å². The van der Waals surface area contributed by atoms with Crippen LogP contribution >= 0.6 is 0 Å². The number of benzene rings is 3. The summed E-state index contributed by atoms with van der Waals surface area (Å²) in [6, 6.07) is 22.5. The summed E-state index contributed by atoms with van der Waals surface area (Å²) in [5.41, 5.74) is 11.4. The molecule has 0 N–H and O–H groups in total. The van der Waals surface area contributed by atoms with Crippen molar-refractivity contribution in [1.82, 2.24) is 0 Å². The average molecular weight is 366 g/mol. The number of rotatable bonds is 0. The van der Waals surface area contributed by atoms with E-state index < -0.39 is 0 Å². The van der Waals surface area contributed by atoms with Crippen molar-refractivity contribution >= 4 is 0 Å². The van der Waals surface area contributed by atoms with Gasteiger partial charge in [-0.3, -0.25) is 0 Å². The van der Waals surface area contributed by atoms with E-state index in [1.54, 1.807) is 0 Å². The summed E-state index contributed by atoms with van der Waals surface area (Å²) in [7, 11) is 0. The van der Waals surface area contributed by atoms with Gasteiger partial charge in [-0.15, -0.1) is 0 Å². The van der Waals surface area contributed by atoms with Crippen LogP contribution in [0.5, 0.6) is 0 Å². The first-order valence-electron chi connectivity index (χ1n) is 10.5. The van der Waals surface area contributed by atoms with E-state index in [-0.39, 0.29) is 24.4 Å². The van der Waals surface area contributed by atoms with Crippen LogP contribution in [-0.4, -0.2) is 0 Å². The van der Waals surface area contributed by atoms with Gasteiger partial charge in [-0.25, -0.2) is 0 Å². The van der Waals surface area contributed by atoms with Crippen LogP contribution in [0.3, 0.4) is 0 Å². The Morgan fingerprint density at radius 3 is 1.36 bits per heavy atom. The molecule has 28 heavy (non-hydrogen) atoms. The first-order chi connectivity index (χ1) is 13.8. The highest BCUT2D eigenvalue weighted by Gasteiger charge is 2.39. The highest BCUT2D eigenvalue weighted by atomic mass is 16.5. The summed E-state index contributed by atoms with van der Waals surface area (Å²) in [6.45, 7) is 0. The lowest BCUT2D eigenvalue weighted by atomic mass is 9.77. The molecule has 3 aromatic carbocycles. The molecule has 0 unspecified atom stereocenters. The van der Waals surface area contributed by atoms with Gasteiger partial charge < -0.3 is 9.47 Å².